The van der Waals surface area contributed by atoms with Crippen molar-refractivity contribution in [3.8, 4) is 0 Å². The Morgan fingerprint density at radius 1 is 1.14 bits per heavy atom. The summed E-state index contributed by atoms with van der Waals surface area (Å²) in [4.78, 5) is 19.3. The predicted molar refractivity (Wildman–Crippen MR) is 113 cm³/mol. The van der Waals surface area contributed by atoms with Gasteiger partial charge >= 0.3 is 0 Å². The van der Waals surface area contributed by atoms with Gasteiger partial charge in [-0.15, -0.1) is 0 Å². The maximum atomic E-state index is 12.7. The second-order valence-electron chi connectivity index (χ2n) is 7.66. The summed E-state index contributed by atoms with van der Waals surface area (Å²) in [5.74, 6) is 1.38. The summed E-state index contributed by atoms with van der Waals surface area (Å²) >= 11 is 0. The minimum absolute atomic E-state index is 0.0955. The molecule has 1 aliphatic carbocycles. The molecule has 9 heteroatoms. The first-order valence-corrected chi connectivity index (χ1v) is 12.4. The Morgan fingerprint density at radius 3 is 2.57 bits per heavy atom. The van der Waals surface area contributed by atoms with E-state index >= 15 is 0 Å². The summed E-state index contributed by atoms with van der Waals surface area (Å²) in [6.07, 6.45) is 7.27. The van der Waals surface area contributed by atoms with Gasteiger partial charge in [0, 0.05) is 44.7 Å². The van der Waals surface area contributed by atoms with E-state index in [1.165, 1.54) is 19.3 Å². The highest BCUT2D eigenvalue weighted by Crippen LogP contribution is 2.26. The highest BCUT2D eigenvalue weighted by atomic mass is 32.2. The molecule has 1 saturated carbocycles. The molecule has 8 nitrogen and oxygen atoms in total. The number of amides is 1. The van der Waals surface area contributed by atoms with E-state index in [0.29, 0.717) is 25.4 Å². The third-order valence-corrected chi connectivity index (χ3v) is 6.85. The van der Waals surface area contributed by atoms with Crippen LogP contribution < -0.4 is 15.4 Å². The minimum atomic E-state index is -3.14. The number of carbonyl (C=O) groups is 1. The molecule has 28 heavy (non-hydrogen) atoms. The fourth-order valence-corrected chi connectivity index (χ4v) is 4.46. The Kier molecular flexibility index (Phi) is 9.50. The Bertz CT molecular complexity index is 617. The van der Waals surface area contributed by atoms with Crippen molar-refractivity contribution in [1.82, 2.24) is 20.3 Å². The standard InChI is InChI=1S/C19H37N5O3S/c1-3-20-19(21-12-8-13-22-28(26,27)4-2)23-17-11-14-24(15-17)18(25)16-9-6-5-7-10-16/h16-17,22H,3-15H2,1-2H3,(H2,20,21,23). The van der Waals surface area contributed by atoms with Crippen LogP contribution in [0.3, 0.4) is 0 Å². The molecule has 0 bridgehead atoms. The molecule has 162 valence electrons. The van der Waals surface area contributed by atoms with Crippen LogP contribution in [0.2, 0.25) is 0 Å². The molecule has 1 saturated heterocycles. The number of rotatable bonds is 9. The first-order chi connectivity index (χ1) is 13.4. The lowest BCUT2D eigenvalue weighted by Gasteiger charge is -2.26. The van der Waals surface area contributed by atoms with Crippen molar-refractivity contribution in [2.75, 3.05) is 38.5 Å². The average molecular weight is 416 g/mol. The molecule has 0 aromatic carbocycles. The summed E-state index contributed by atoms with van der Waals surface area (Å²) in [6, 6.07) is 0.212. The van der Waals surface area contributed by atoms with Crippen LogP contribution in [0.15, 0.2) is 4.99 Å². The van der Waals surface area contributed by atoms with Crippen molar-refractivity contribution in [1.29, 1.82) is 0 Å². The maximum absolute atomic E-state index is 12.7. The van der Waals surface area contributed by atoms with Gasteiger partial charge < -0.3 is 15.5 Å². The van der Waals surface area contributed by atoms with Crippen LogP contribution >= 0.6 is 0 Å². The highest BCUT2D eigenvalue weighted by Gasteiger charge is 2.31. The van der Waals surface area contributed by atoms with Crippen LogP contribution in [-0.2, 0) is 14.8 Å². The van der Waals surface area contributed by atoms with E-state index in [0.717, 1.165) is 44.9 Å². The predicted octanol–water partition coefficient (Wildman–Crippen LogP) is 1.05. The van der Waals surface area contributed by atoms with Gasteiger partial charge in [0.15, 0.2) is 5.96 Å². The molecule has 1 aliphatic heterocycles. The number of carbonyl (C=O) groups excluding carboxylic acids is 1. The number of hydrogen-bond donors (Lipinski definition) is 3. The molecule has 2 fully saturated rings. The van der Waals surface area contributed by atoms with E-state index in [9.17, 15) is 13.2 Å². The average Bonchev–Trinajstić information content (AvgIpc) is 3.16. The maximum Gasteiger partial charge on any atom is 0.225 e. The van der Waals surface area contributed by atoms with Gasteiger partial charge in [0.2, 0.25) is 15.9 Å². The smallest absolute Gasteiger partial charge is 0.225 e. The van der Waals surface area contributed by atoms with Gasteiger partial charge in [-0.1, -0.05) is 19.3 Å². The minimum Gasteiger partial charge on any atom is -0.357 e. The Balaban J connectivity index is 1.76. The molecule has 0 spiro atoms. The lowest BCUT2D eigenvalue weighted by molar-refractivity contribution is -0.135. The zero-order chi connectivity index (χ0) is 20.4. The summed E-state index contributed by atoms with van der Waals surface area (Å²) in [5, 5.41) is 6.66. The van der Waals surface area contributed by atoms with Crippen LogP contribution in [0.5, 0.6) is 0 Å². The second-order valence-corrected chi connectivity index (χ2v) is 9.76. The SMILES string of the molecule is CCNC(=NCCCNS(=O)(=O)CC)NC1CCN(C(=O)C2CCCCC2)C1. The second kappa shape index (κ2) is 11.6. The van der Waals surface area contributed by atoms with Crippen LogP contribution in [0.4, 0.5) is 0 Å². The van der Waals surface area contributed by atoms with Crippen LogP contribution in [0.1, 0.15) is 58.8 Å². The fraction of sp³-hybridized carbons (Fsp3) is 0.895. The fourth-order valence-electron chi connectivity index (χ4n) is 3.80. The Labute approximate surface area is 170 Å². The third kappa shape index (κ3) is 7.58. The van der Waals surface area contributed by atoms with E-state index in [-0.39, 0.29) is 17.7 Å². The molecule has 2 rings (SSSR count). The lowest BCUT2D eigenvalue weighted by atomic mass is 9.88. The largest absolute Gasteiger partial charge is 0.357 e. The molecular weight excluding hydrogens is 378 g/mol. The number of sulfonamides is 1. The molecule has 3 N–H and O–H groups in total. The van der Waals surface area contributed by atoms with Crippen molar-refractivity contribution >= 4 is 21.9 Å². The van der Waals surface area contributed by atoms with Crippen LogP contribution in [0, 0.1) is 5.92 Å². The monoisotopic (exact) mass is 415 g/mol. The molecule has 1 atom stereocenters. The summed E-state index contributed by atoms with van der Waals surface area (Å²) < 4.78 is 25.4. The molecule has 0 radical (unpaired) electrons. The first-order valence-electron chi connectivity index (χ1n) is 10.8. The van der Waals surface area contributed by atoms with Gasteiger partial charge in [-0.2, -0.15) is 0 Å². The van der Waals surface area contributed by atoms with Gasteiger partial charge in [0.1, 0.15) is 0 Å². The molecule has 1 heterocycles. The number of hydrogen-bond acceptors (Lipinski definition) is 4. The third-order valence-electron chi connectivity index (χ3n) is 5.45. The molecule has 2 aliphatic rings. The van der Waals surface area contributed by atoms with Gasteiger partial charge in [-0.05, 0) is 39.5 Å². The summed E-state index contributed by atoms with van der Waals surface area (Å²) in [6.45, 7) is 6.87. The summed E-state index contributed by atoms with van der Waals surface area (Å²) in [5.41, 5.74) is 0. The normalized spacial score (nSPS) is 21.7. The zero-order valence-corrected chi connectivity index (χ0v) is 18.2. The van der Waals surface area contributed by atoms with Crippen molar-refractivity contribution in [2.24, 2.45) is 10.9 Å². The number of nitrogens with one attached hydrogen (secondary N) is 3. The van der Waals surface area contributed by atoms with E-state index in [1.54, 1.807) is 6.92 Å². The van der Waals surface area contributed by atoms with Gasteiger partial charge in [0.25, 0.3) is 0 Å². The van der Waals surface area contributed by atoms with Crippen molar-refractivity contribution < 1.29 is 13.2 Å². The molecule has 1 amide bonds. The number of aliphatic imine (C=N–C) groups is 1. The zero-order valence-electron chi connectivity index (χ0n) is 17.4. The number of likely N-dealkylation sites (tertiary alicyclic amines) is 1. The first kappa shape index (κ1) is 22.9. The van der Waals surface area contributed by atoms with E-state index < -0.39 is 10.0 Å². The van der Waals surface area contributed by atoms with Gasteiger partial charge in [0.05, 0.1) is 5.75 Å². The van der Waals surface area contributed by atoms with Crippen LogP contribution in [-0.4, -0.2) is 69.7 Å². The molecule has 0 aromatic heterocycles. The van der Waals surface area contributed by atoms with Crippen molar-refractivity contribution in [3.05, 3.63) is 0 Å². The Morgan fingerprint density at radius 2 is 1.89 bits per heavy atom. The van der Waals surface area contributed by atoms with E-state index in [2.05, 4.69) is 20.3 Å². The molecule has 1 unspecified atom stereocenters. The van der Waals surface area contributed by atoms with Crippen molar-refractivity contribution in [3.63, 3.8) is 0 Å². The molecular formula is C19H37N5O3S. The lowest BCUT2D eigenvalue weighted by Crippen LogP contribution is -2.45. The molecule has 0 aromatic rings. The van der Waals surface area contributed by atoms with Crippen LogP contribution in [0.25, 0.3) is 0 Å². The van der Waals surface area contributed by atoms with E-state index in [1.807, 2.05) is 11.8 Å². The van der Waals surface area contributed by atoms with Gasteiger partial charge in [-0.3, -0.25) is 9.79 Å². The Hall–Kier alpha value is -1.35. The van der Waals surface area contributed by atoms with Crippen molar-refractivity contribution in [2.45, 2.75) is 64.8 Å². The summed E-state index contributed by atoms with van der Waals surface area (Å²) in [7, 11) is -3.14. The highest BCUT2D eigenvalue weighted by molar-refractivity contribution is 7.89. The number of guanidine groups is 1. The van der Waals surface area contributed by atoms with E-state index in [4.69, 9.17) is 0 Å². The number of nitrogens with zero attached hydrogens (tertiary/aromatic N) is 2. The topological polar surface area (TPSA) is 103 Å². The quantitative estimate of drug-likeness (QED) is 0.297. The van der Waals surface area contributed by atoms with Gasteiger partial charge in [-0.25, -0.2) is 13.1 Å².